The van der Waals surface area contributed by atoms with Crippen molar-refractivity contribution in [3.8, 4) is 0 Å². The minimum atomic E-state index is -0.160. The van der Waals surface area contributed by atoms with Gasteiger partial charge in [0.15, 0.2) is 0 Å². The van der Waals surface area contributed by atoms with Crippen molar-refractivity contribution in [1.82, 2.24) is 0 Å². The van der Waals surface area contributed by atoms with Crippen molar-refractivity contribution in [3.63, 3.8) is 0 Å². The van der Waals surface area contributed by atoms with E-state index in [4.69, 9.17) is 0 Å². The third-order valence-electron chi connectivity index (χ3n) is 6.94. The molecule has 0 aliphatic carbocycles. The lowest BCUT2D eigenvalue weighted by Gasteiger charge is -2.17. The molecule has 0 N–H and O–H groups in total. The van der Waals surface area contributed by atoms with Crippen LogP contribution in [0, 0.1) is 41.3 Å². The Morgan fingerprint density at radius 2 is 0.571 bits per heavy atom. The van der Waals surface area contributed by atoms with Gasteiger partial charge in [-0.2, -0.15) is 0 Å². The van der Waals surface area contributed by atoms with Crippen LogP contribution in [0.4, 0.5) is 4.39 Å². The van der Waals surface area contributed by atoms with Crippen molar-refractivity contribution in [1.29, 1.82) is 0 Å². The lowest BCUT2D eigenvalue weighted by Crippen LogP contribution is -2.08. The molecule has 0 aromatic heterocycles. The van der Waals surface area contributed by atoms with Gasteiger partial charge in [-0.1, -0.05) is 200 Å². The number of aryl methyl sites for hydroxylation is 2. The molecule has 0 nitrogen and oxygen atoms in total. The number of rotatable bonds is 4. The van der Waals surface area contributed by atoms with E-state index < -0.39 is 0 Å². The molecular formula is C48H75F. The SMILES string of the molecule is C.C.CC(C)(C)Cc1ccc(F)cc1.CC(C)(C)Cc1ccccc1.Cc1ccc(CC(C)(C)C)cc1.Cc1ccc(CC(C)(C)C)cc1. The van der Waals surface area contributed by atoms with Crippen LogP contribution in [0.3, 0.4) is 0 Å². The Morgan fingerprint density at radius 1 is 0.347 bits per heavy atom. The van der Waals surface area contributed by atoms with Crippen LogP contribution in [0.1, 0.15) is 131 Å². The summed E-state index contributed by atoms with van der Waals surface area (Å²) >= 11 is 0. The van der Waals surface area contributed by atoms with Gasteiger partial charge < -0.3 is 0 Å². The highest BCUT2D eigenvalue weighted by Crippen LogP contribution is 2.22. The summed E-state index contributed by atoms with van der Waals surface area (Å²) in [7, 11) is 0. The lowest BCUT2D eigenvalue weighted by atomic mass is 9.88. The van der Waals surface area contributed by atoms with Crippen LogP contribution in [0.25, 0.3) is 0 Å². The van der Waals surface area contributed by atoms with E-state index in [9.17, 15) is 4.39 Å². The van der Waals surface area contributed by atoms with Crippen molar-refractivity contribution < 1.29 is 4.39 Å². The second kappa shape index (κ2) is 21.8. The third kappa shape index (κ3) is 27.3. The molecule has 4 rings (SSSR count). The zero-order chi connectivity index (χ0) is 35.9. The first-order valence-corrected chi connectivity index (χ1v) is 17.4. The van der Waals surface area contributed by atoms with E-state index >= 15 is 0 Å². The van der Waals surface area contributed by atoms with E-state index in [0.717, 1.165) is 25.7 Å². The van der Waals surface area contributed by atoms with Crippen molar-refractivity contribution >= 4 is 0 Å². The minimum absolute atomic E-state index is 0. The Labute approximate surface area is 305 Å². The van der Waals surface area contributed by atoms with E-state index in [-0.39, 0.29) is 26.1 Å². The lowest BCUT2D eigenvalue weighted by molar-refractivity contribution is 0.410. The molecule has 0 unspecified atom stereocenters. The van der Waals surface area contributed by atoms with Gasteiger partial charge >= 0.3 is 0 Å². The summed E-state index contributed by atoms with van der Waals surface area (Å²) in [6, 6.07) is 35.0. The first kappa shape index (κ1) is 47.9. The summed E-state index contributed by atoms with van der Waals surface area (Å²) in [5.74, 6) is -0.160. The van der Waals surface area contributed by atoms with E-state index in [0.29, 0.717) is 16.2 Å². The topological polar surface area (TPSA) is 0 Å². The fraction of sp³-hybridized carbons (Fsp3) is 0.500. The van der Waals surface area contributed by atoms with E-state index in [2.05, 4.69) is 176 Å². The fourth-order valence-corrected chi connectivity index (χ4v) is 5.06. The molecule has 0 bridgehead atoms. The van der Waals surface area contributed by atoms with Gasteiger partial charge in [0, 0.05) is 0 Å². The molecule has 0 saturated carbocycles. The molecule has 0 radical (unpaired) electrons. The highest BCUT2D eigenvalue weighted by atomic mass is 19.1. The standard InChI is InChI=1S/2C12H18.C11H15F.C11H16.2CH4/c2*1-10-5-7-11(8-6-10)9-12(2,3)4;1-11(2,3)8-9-4-6-10(12)7-5-9;1-11(2,3)9-10-7-5-4-6-8-10;;/h2*5-8H,9H2,1-4H3;4-7H,8H2,1-3H3;4-8H,9H2,1-3H3;2*1H4. The number of benzene rings is 4. The van der Waals surface area contributed by atoms with Gasteiger partial charge in [-0.25, -0.2) is 4.39 Å². The van der Waals surface area contributed by atoms with E-state index in [1.165, 1.54) is 45.5 Å². The second-order valence-electron chi connectivity index (χ2n) is 18.0. The van der Waals surface area contributed by atoms with Crippen LogP contribution in [-0.2, 0) is 25.7 Å². The van der Waals surface area contributed by atoms with Crippen molar-refractivity contribution in [2.24, 2.45) is 21.7 Å². The molecule has 4 aromatic carbocycles. The largest absolute Gasteiger partial charge is 0.207 e. The van der Waals surface area contributed by atoms with Crippen molar-refractivity contribution in [3.05, 3.63) is 142 Å². The van der Waals surface area contributed by atoms with Gasteiger partial charge in [0.1, 0.15) is 5.82 Å². The van der Waals surface area contributed by atoms with Gasteiger partial charge in [0.05, 0.1) is 0 Å². The summed E-state index contributed by atoms with van der Waals surface area (Å²) in [5.41, 5.74) is 9.66. The predicted molar refractivity (Wildman–Crippen MR) is 221 cm³/mol. The smallest absolute Gasteiger partial charge is 0.123 e. The Balaban J connectivity index is 0. The molecule has 1 heteroatoms. The third-order valence-corrected chi connectivity index (χ3v) is 6.94. The van der Waals surface area contributed by atoms with E-state index in [1.807, 2.05) is 12.1 Å². The summed E-state index contributed by atoms with van der Waals surface area (Å²) in [5, 5.41) is 0. The number of hydrogen-bond acceptors (Lipinski definition) is 0. The summed E-state index contributed by atoms with van der Waals surface area (Å²) in [6.45, 7) is 31.2. The molecule has 0 amide bonds. The first-order valence-electron chi connectivity index (χ1n) is 17.4. The molecule has 49 heavy (non-hydrogen) atoms. The quantitative estimate of drug-likeness (QED) is 0.203. The Hall–Kier alpha value is -3.19. The monoisotopic (exact) mass is 671 g/mol. The zero-order valence-corrected chi connectivity index (χ0v) is 32.5. The Bertz CT molecular complexity index is 1230. The molecule has 274 valence electrons. The fourth-order valence-electron chi connectivity index (χ4n) is 5.06. The first-order chi connectivity index (χ1) is 21.5. The van der Waals surface area contributed by atoms with Crippen LogP contribution >= 0.6 is 0 Å². The maximum Gasteiger partial charge on any atom is 0.123 e. The van der Waals surface area contributed by atoms with Crippen LogP contribution in [0.15, 0.2) is 103 Å². The molecule has 4 aromatic rings. The average Bonchev–Trinajstić information content (AvgIpc) is 2.91. The molecule has 0 spiro atoms. The van der Waals surface area contributed by atoms with Crippen LogP contribution in [0.2, 0.25) is 0 Å². The Kier molecular flexibility index (Phi) is 21.3. The van der Waals surface area contributed by atoms with Crippen molar-refractivity contribution in [2.75, 3.05) is 0 Å². The minimum Gasteiger partial charge on any atom is -0.207 e. The number of hydrogen-bond donors (Lipinski definition) is 0. The highest BCUT2D eigenvalue weighted by Gasteiger charge is 2.12. The maximum absolute atomic E-state index is 12.5. The molecule has 0 fully saturated rings. The number of halogens is 1. The van der Waals surface area contributed by atoms with Crippen molar-refractivity contribution in [2.45, 2.75) is 137 Å². The Morgan fingerprint density at radius 3 is 0.816 bits per heavy atom. The van der Waals surface area contributed by atoms with Gasteiger partial charge in [-0.15, -0.1) is 0 Å². The molecule has 0 aliphatic heterocycles. The van der Waals surface area contributed by atoms with Crippen LogP contribution < -0.4 is 0 Å². The molecule has 0 atom stereocenters. The van der Waals surface area contributed by atoms with Gasteiger partial charge in [-0.3, -0.25) is 0 Å². The van der Waals surface area contributed by atoms with Crippen LogP contribution in [-0.4, -0.2) is 0 Å². The summed E-state index contributed by atoms with van der Waals surface area (Å²) < 4.78 is 12.5. The highest BCUT2D eigenvalue weighted by molar-refractivity contribution is 5.23. The zero-order valence-electron chi connectivity index (χ0n) is 32.5. The maximum atomic E-state index is 12.5. The van der Waals surface area contributed by atoms with E-state index in [1.54, 1.807) is 0 Å². The molecule has 0 aliphatic rings. The predicted octanol–water partition coefficient (Wildman–Crippen LogP) is 15.1. The normalized spacial score (nSPS) is 11.2. The molecular weight excluding hydrogens is 596 g/mol. The molecule has 0 saturated heterocycles. The summed E-state index contributed by atoms with van der Waals surface area (Å²) in [6.07, 6.45) is 4.47. The molecule has 0 heterocycles. The van der Waals surface area contributed by atoms with Crippen LogP contribution in [0.5, 0.6) is 0 Å². The van der Waals surface area contributed by atoms with Gasteiger partial charge in [0.25, 0.3) is 0 Å². The van der Waals surface area contributed by atoms with Gasteiger partial charge in [-0.05, 0) is 95.6 Å². The second-order valence-corrected chi connectivity index (χ2v) is 18.0. The van der Waals surface area contributed by atoms with Gasteiger partial charge in [0.2, 0.25) is 0 Å². The average molecular weight is 671 g/mol. The summed E-state index contributed by atoms with van der Waals surface area (Å²) in [4.78, 5) is 0.